The van der Waals surface area contributed by atoms with Gasteiger partial charge in [-0.3, -0.25) is 4.79 Å². The van der Waals surface area contributed by atoms with Crippen molar-refractivity contribution >= 4 is 6.29 Å². The zero-order valence-electron chi connectivity index (χ0n) is 5.20. The second kappa shape index (κ2) is 2.91. The third-order valence-corrected chi connectivity index (χ3v) is 1.09. The molecule has 0 radical (unpaired) electrons. The molecule has 0 atom stereocenters. The van der Waals surface area contributed by atoms with Crippen LogP contribution in [0.2, 0.25) is 0 Å². The summed E-state index contributed by atoms with van der Waals surface area (Å²) in [6, 6.07) is 0. The van der Waals surface area contributed by atoms with Crippen LogP contribution in [0.1, 0.15) is 0 Å². The van der Waals surface area contributed by atoms with E-state index in [1.54, 1.807) is 12.2 Å². The van der Waals surface area contributed by atoms with Crippen LogP contribution in [0.4, 0.5) is 0 Å². The Morgan fingerprint density at radius 2 is 2.60 bits per heavy atom. The van der Waals surface area contributed by atoms with E-state index in [9.17, 15) is 4.79 Å². The van der Waals surface area contributed by atoms with Crippen molar-refractivity contribution < 1.29 is 9.53 Å². The summed E-state index contributed by atoms with van der Waals surface area (Å²) in [4.78, 5) is 10.2. The van der Waals surface area contributed by atoms with Crippen LogP contribution in [0, 0.1) is 5.53 Å². The van der Waals surface area contributed by atoms with E-state index in [1.165, 1.54) is 0 Å². The highest BCUT2D eigenvalue weighted by molar-refractivity contribution is 5.72. The molecule has 10 heavy (non-hydrogen) atoms. The van der Waals surface area contributed by atoms with Crippen LogP contribution in [0.5, 0.6) is 0 Å². The lowest BCUT2D eigenvalue weighted by Gasteiger charge is -2.06. The van der Waals surface area contributed by atoms with Crippen LogP contribution in [-0.4, -0.2) is 12.9 Å². The van der Waals surface area contributed by atoms with Crippen LogP contribution in [-0.2, 0) is 9.53 Å². The monoisotopic (exact) mass is 138 g/mol. The first-order valence-corrected chi connectivity index (χ1v) is 2.74. The number of allylic oxidation sites excluding steroid dienone is 2. The van der Waals surface area contributed by atoms with Crippen molar-refractivity contribution in [2.45, 2.75) is 0 Å². The molecular weight excluding hydrogens is 132 g/mol. The van der Waals surface area contributed by atoms with E-state index < -0.39 is 0 Å². The number of hydrogen-bond donors (Lipinski definition) is 1. The topological polar surface area (TPSA) is 62.5 Å². The molecular formula is C6H6N2O2. The fourth-order valence-corrected chi connectivity index (χ4v) is 0.640. The van der Waals surface area contributed by atoms with Gasteiger partial charge < -0.3 is 4.74 Å². The SMILES string of the molecule is N=NC1=C(C=O)OCC=C1. The van der Waals surface area contributed by atoms with Crippen molar-refractivity contribution in [1.29, 1.82) is 5.53 Å². The summed E-state index contributed by atoms with van der Waals surface area (Å²) in [5.74, 6) is 0.137. The molecule has 0 amide bonds. The normalized spacial score (nSPS) is 16.4. The van der Waals surface area contributed by atoms with Gasteiger partial charge in [-0.2, -0.15) is 5.11 Å². The highest BCUT2D eigenvalue weighted by atomic mass is 16.5. The molecule has 1 aliphatic rings. The molecule has 1 rings (SSSR count). The van der Waals surface area contributed by atoms with Crippen molar-refractivity contribution in [2.24, 2.45) is 5.11 Å². The molecule has 4 nitrogen and oxygen atoms in total. The average Bonchev–Trinajstić information content (AvgIpc) is 2.04. The fraction of sp³-hybridized carbons (Fsp3) is 0.167. The molecule has 1 N–H and O–H groups in total. The maximum atomic E-state index is 10.2. The Hall–Kier alpha value is -1.45. The third kappa shape index (κ3) is 1.10. The van der Waals surface area contributed by atoms with E-state index in [1.807, 2.05) is 0 Å². The van der Waals surface area contributed by atoms with Gasteiger partial charge in [0.25, 0.3) is 0 Å². The van der Waals surface area contributed by atoms with Gasteiger partial charge in [0, 0.05) is 0 Å². The van der Waals surface area contributed by atoms with E-state index in [4.69, 9.17) is 10.3 Å². The van der Waals surface area contributed by atoms with Crippen molar-refractivity contribution in [3.63, 3.8) is 0 Å². The molecule has 0 fully saturated rings. The molecule has 0 unspecified atom stereocenters. The van der Waals surface area contributed by atoms with E-state index in [0.717, 1.165) is 0 Å². The molecule has 4 heteroatoms. The molecule has 0 aliphatic carbocycles. The van der Waals surface area contributed by atoms with Crippen molar-refractivity contribution in [2.75, 3.05) is 6.61 Å². The Morgan fingerprint density at radius 3 is 3.10 bits per heavy atom. The Balaban J connectivity index is 2.94. The van der Waals surface area contributed by atoms with Crippen molar-refractivity contribution in [3.05, 3.63) is 23.6 Å². The van der Waals surface area contributed by atoms with Crippen LogP contribution >= 0.6 is 0 Å². The number of aldehydes is 1. The minimum absolute atomic E-state index is 0.137. The molecule has 0 bridgehead atoms. The van der Waals surface area contributed by atoms with Crippen LogP contribution in [0.15, 0.2) is 28.7 Å². The summed E-state index contributed by atoms with van der Waals surface area (Å²) in [6.07, 6.45) is 3.83. The number of ether oxygens (including phenoxy) is 1. The van der Waals surface area contributed by atoms with Crippen molar-refractivity contribution in [3.8, 4) is 0 Å². The van der Waals surface area contributed by atoms with E-state index >= 15 is 0 Å². The lowest BCUT2D eigenvalue weighted by Crippen LogP contribution is -2.01. The molecule has 0 aromatic carbocycles. The first-order chi connectivity index (χ1) is 4.88. The lowest BCUT2D eigenvalue weighted by molar-refractivity contribution is -0.107. The van der Waals surface area contributed by atoms with Crippen LogP contribution < -0.4 is 0 Å². The van der Waals surface area contributed by atoms with Gasteiger partial charge in [0.05, 0.1) is 0 Å². The Labute approximate surface area is 57.7 Å². The van der Waals surface area contributed by atoms with Gasteiger partial charge in [0.1, 0.15) is 12.3 Å². The maximum absolute atomic E-state index is 10.2. The molecule has 52 valence electrons. The van der Waals surface area contributed by atoms with Gasteiger partial charge in [0.15, 0.2) is 12.0 Å². The minimum Gasteiger partial charge on any atom is -0.484 e. The number of nitrogens with zero attached hydrogens (tertiary/aromatic N) is 1. The summed E-state index contributed by atoms with van der Waals surface area (Å²) in [6.45, 7) is 0.382. The summed E-state index contributed by atoms with van der Waals surface area (Å²) >= 11 is 0. The smallest absolute Gasteiger partial charge is 0.187 e. The van der Waals surface area contributed by atoms with E-state index in [-0.39, 0.29) is 11.5 Å². The highest BCUT2D eigenvalue weighted by Gasteiger charge is 2.06. The first kappa shape index (κ1) is 6.67. The second-order valence-electron chi connectivity index (χ2n) is 1.69. The van der Waals surface area contributed by atoms with Crippen LogP contribution in [0.3, 0.4) is 0 Å². The summed E-state index contributed by atoms with van der Waals surface area (Å²) in [7, 11) is 0. The summed E-state index contributed by atoms with van der Waals surface area (Å²) in [5.41, 5.74) is 6.89. The van der Waals surface area contributed by atoms with Gasteiger partial charge in [-0.15, -0.1) is 0 Å². The minimum atomic E-state index is 0.137. The standard InChI is InChI=1S/C6H6N2O2/c7-8-5-2-1-3-10-6(5)4-9/h1-2,4,7H,3H2. The number of rotatable bonds is 2. The number of carbonyl (C=O) groups excluding carboxylic acids is 1. The molecule has 0 saturated heterocycles. The molecule has 1 heterocycles. The van der Waals surface area contributed by atoms with Gasteiger partial charge in [-0.05, 0) is 12.2 Å². The second-order valence-corrected chi connectivity index (χ2v) is 1.69. The molecule has 0 aromatic rings. The Bertz CT molecular complexity index is 218. The number of hydrogen-bond acceptors (Lipinski definition) is 4. The molecule has 0 spiro atoms. The average molecular weight is 138 g/mol. The van der Waals surface area contributed by atoms with Crippen molar-refractivity contribution in [1.82, 2.24) is 0 Å². The first-order valence-electron chi connectivity index (χ1n) is 2.74. The predicted octanol–water partition coefficient (Wildman–Crippen LogP) is 1.01. The summed E-state index contributed by atoms with van der Waals surface area (Å²) < 4.78 is 4.84. The van der Waals surface area contributed by atoms with E-state index in [0.29, 0.717) is 12.9 Å². The predicted molar refractivity (Wildman–Crippen MR) is 33.3 cm³/mol. The Kier molecular flexibility index (Phi) is 1.94. The van der Waals surface area contributed by atoms with Gasteiger partial charge in [-0.25, -0.2) is 5.53 Å². The largest absolute Gasteiger partial charge is 0.484 e. The van der Waals surface area contributed by atoms with Gasteiger partial charge in [0.2, 0.25) is 0 Å². The van der Waals surface area contributed by atoms with Crippen LogP contribution in [0.25, 0.3) is 0 Å². The third-order valence-electron chi connectivity index (χ3n) is 1.09. The molecule has 1 aliphatic heterocycles. The van der Waals surface area contributed by atoms with E-state index in [2.05, 4.69) is 5.11 Å². The zero-order valence-corrected chi connectivity index (χ0v) is 5.20. The highest BCUT2D eigenvalue weighted by Crippen LogP contribution is 2.11. The maximum Gasteiger partial charge on any atom is 0.187 e. The molecule has 0 aromatic heterocycles. The number of nitrogens with one attached hydrogen (secondary N) is 1. The van der Waals surface area contributed by atoms with Gasteiger partial charge in [-0.1, -0.05) is 0 Å². The molecule has 0 saturated carbocycles. The summed E-state index contributed by atoms with van der Waals surface area (Å²) in [5, 5.41) is 3.09. The Morgan fingerprint density at radius 1 is 1.80 bits per heavy atom. The fourth-order valence-electron chi connectivity index (χ4n) is 0.640. The quantitative estimate of drug-likeness (QED) is 0.457. The van der Waals surface area contributed by atoms with Gasteiger partial charge >= 0.3 is 0 Å². The zero-order chi connectivity index (χ0) is 7.40. The number of carbonyl (C=O) groups is 1. The lowest BCUT2D eigenvalue weighted by atomic mass is 10.3.